The standard InChI is InChI=1S/C23H24N2O5/c1-15(26)16-8-10-19(11-9-16)30-14-18(27)13-25-21(28)23(24-22(25)29)12-4-6-17-5-2-3-7-20(17)23/h2-3,5,7-11,18,27H,4,6,12-14H2,1H3,(H,24,29)/t18-,23+/m0/s1. The van der Waals surface area contributed by atoms with Crippen molar-refractivity contribution in [2.24, 2.45) is 0 Å². The number of ketones is 1. The maximum atomic E-state index is 13.2. The van der Waals surface area contributed by atoms with Gasteiger partial charge in [-0.3, -0.25) is 14.5 Å². The van der Waals surface area contributed by atoms with E-state index < -0.39 is 17.7 Å². The molecule has 1 aliphatic carbocycles. The molecule has 2 N–H and O–H groups in total. The van der Waals surface area contributed by atoms with E-state index in [1.54, 1.807) is 24.3 Å². The van der Waals surface area contributed by atoms with Crippen LogP contribution in [0.2, 0.25) is 0 Å². The third-order valence-electron chi connectivity index (χ3n) is 5.75. The zero-order valence-corrected chi connectivity index (χ0v) is 16.8. The van der Waals surface area contributed by atoms with Crippen LogP contribution in [0.4, 0.5) is 4.79 Å². The summed E-state index contributed by atoms with van der Waals surface area (Å²) in [5, 5.41) is 13.3. The van der Waals surface area contributed by atoms with Crippen molar-refractivity contribution in [1.82, 2.24) is 10.2 Å². The Labute approximate surface area is 174 Å². The van der Waals surface area contributed by atoms with Gasteiger partial charge in [0.25, 0.3) is 5.91 Å². The Balaban J connectivity index is 1.42. The fourth-order valence-corrected chi connectivity index (χ4v) is 4.22. The summed E-state index contributed by atoms with van der Waals surface area (Å²) < 4.78 is 5.55. The van der Waals surface area contributed by atoms with Crippen molar-refractivity contribution >= 4 is 17.7 Å². The highest BCUT2D eigenvalue weighted by atomic mass is 16.5. The number of ether oxygens (including phenoxy) is 1. The molecule has 1 spiro atoms. The molecule has 0 aromatic heterocycles. The Hall–Kier alpha value is -3.19. The third-order valence-corrected chi connectivity index (χ3v) is 5.75. The Morgan fingerprint density at radius 1 is 1.20 bits per heavy atom. The lowest BCUT2D eigenvalue weighted by molar-refractivity contribution is -0.133. The SMILES string of the molecule is CC(=O)c1ccc(OC[C@@H](O)CN2C(=O)N[C@@]3(CCCc4ccccc43)C2=O)cc1. The van der Waals surface area contributed by atoms with E-state index in [0.29, 0.717) is 17.7 Å². The zero-order valence-electron chi connectivity index (χ0n) is 16.8. The van der Waals surface area contributed by atoms with Gasteiger partial charge in [-0.25, -0.2) is 4.79 Å². The van der Waals surface area contributed by atoms with E-state index in [2.05, 4.69) is 5.32 Å². The second kappa shape index (κ2) is 7.91. The van der Waals surface area contributed by atoms with Crippen molar-refractivity contribution < 1.29 is 24.2 Å². The summed E-state index contributed by atoms with van der Waals surface area (Å²) in [6.07, 6.45) is 1.18. The maximum absolute atomic E-state index is 13.2. The van der Waals surface area contributed by atoms with Crippen molar-refractivity contribution in [3.05, 3.63) is 65.2 Å². The third kappa shape index (κ3) is 3.57. The van der Waals surface area contributed by atoms with Crippen LogP contribution < -0.4 is 10.1 Å². The number of aliphatic hydroxyl groups excluding tert-OH is 1. The summed E-state index contributed by atoms with van der Waals surface area (Å²) in [6, 6.07) is 13.8. The average molecular weight is 408 g/mol. The normalized spacial score (nSPS) is 21.3. The Morgan fingerprint density at radius 2 is 1.93 bits per heavy atom. The van der Waals surface area contributed by atoms with Crippen molar-refractivity contribution in [2.45, 2.75) is 37.8 Å². The highest BCUT2D eigenvalue weighted by molar-refractivity contribution is 6.07. The smallest absolute Gasteiger partial charge is 0.325 e. The number of amides is 3. The van der Waals surface area contributed by atoms with Crippen molar-refractivity contribution in [1.29, 1.82) is 0 Å². The van der Waals surface area contributed by atoms with Gasteiger partial charge < -0.3 is 15.2 Å². The first-order valence-corrected chi connectivity index (χ1v) is 10.0. The Bertz CT molecular complexity index is 987. The fourth-order valence-electron chi connectivity index (χ4n) is 4.22. The molecule has 0 bridgehead atoms. The van der Waals surface area contributed by atoms with E-state index in [0.717, 1.165) is 28.9 Å². The second-order valence-corrected chi connectivity index (χ2v) is 7.81. The lowest BCUT2D eigenvalue weighted by atomic mass is 9.76. The predicted octanol–water partition coefficient (Wildman–Crippen LogP) is 2.41. The molecule has 2 aliphatic rings. The number of rotatable bonds is 6. The molecule has 7 heteroatoms. The van der Waals surface area contributed by atoms with Gasteiger partial charge in [-0.15, -0.1) is 0 Å². The molecule has 0 saturated carbocycles. The minimum atomic E-state index is -1.05. The summed E-state index contributed by atoms with van der Waals surface area (Å²) in [7, 11) is 0. The van der Waals surface area contributed by atoms with E-state index in [1.807, 2.05) is 24.3 Å². The highest BCUT2D eigenvalue weighted by Gasteiger charge is 2.54. The van der Waals surface area contributed by atoms with Gasteiger partial charge in [-0.1, -0.05) is 24.3 Å². The summed E-state index contributed by atoms with van der Waals surface area (Å²) in [6.45, 7) is 1.25. The van der Waals surface area contributed by atoms with E-state index >= 15 is 0 Å². The van der Waals surface area contributed by atoms with Crippen molar-refractivity contribution in [3.8, 4) is 5.75 Å². The summed E-state index contributed by atoms with van der Waals surface area (Å²) >= 11 is 0. The molecule has 7 nitrogen and oxygen atoms in total. The molecular formula is C23H24N2O5. The van der Waals surface area contributed by atoms with Crippen LogP contribution in [0.3, 0.4) is 0 Å². The minimum absolute atomic E-state index is 0.0432. The number of nitrogens with one attached hydrogen (secondary N) is 1. The number of benzene rings is 2. The van der Waals surface area contributed by atoms with Crippen LogP contribution >= 0.6 is 0 Å². The van der Waals surface area contributed by atoms with Gasteiger partial charge in [0, 0.05) is 5.56 Å². The van der Waals surface area contributed by atoms with Crippen LogP contribution in [0.25, 0.3) is 0 Å². The molecule has 2 aromatic carbocycles. The number of carbonyl (C=O) groups is 3. The molecule has 0 unspecified atom stereocenters. The number of hydrogen-bond acceptors (Lipinski definition) is 5. The molecule has 2 atom stereocenters. The second-order valence-electron chi connectivity index (χ2n) is 7.81. The van der Waals surface area contributed by atoms with Gasteiger partial charge in [-0.05, 0) is 61.6 Å². The summed E-state index contributed by atoms with van der Waals surface area (Å²) in [5.74, 6) is 0.122. The van der Waals surface area contributed by atoms with Crippen molar-refractivity contribution in [2.75, 3.05) is 13.2 Å². The monoisotopic (exact) mass is 408 g/mol. The Kier molecular flexibility index (Phi) is 5.30. The van der Waals surface area contributed by atoms with Crippen LogP contribution in [0.1, 0.15) is 41.3 Å². The molecule has 0 radical (unpaired) electrons. The van der Waals surface area contributed by atoms with Gasteiger partial charge >= 0.3 is 6.03 Å². The van der Waals surface area contributed by atoms with E-state index in [-0.39, 0.29) is 24.8 Å². The van der Waals surface area contributed by atoms with Gasteiger partial charge in [-0.2, -0.15) is 0 Å². The lowest BCUT2D eigenvalue weighted by Gasteiger charge is -2.33. The number of aliphatic hydroxyl groups is 1. The largest absolute Gasteiger partial charge is 0.491 e. The molecule has 1 aliphatic heterocycles. The molecule has 2 aromatic rings. The van der Waals surface area contributed by atoms with Crippen LogP contribution in [-0.4, -0.2) is 47.0 Å². The number of Topliss-reactive ketones (excluding diaryl/α,β-unsaturated/α-hetero) is 1. The highest BCUT2D eigenvalue weighted by Crippen LogP contribution is 2.39. The first-order chi connectivity index (χ1) is 14.4. The molecule has 1 heterocycles. The Morgan fingerprint density at radius 3 is 2.67 bits per heavy atom. The van der Waals surface area contributed by atoms with Crippen molar-refractivity contribution in [3.63, 3.8) is 0 Å². The summed E-state index contributed by atoms with van der Waals surface area (Å²) in [5.41, 5.74) is 1.43. The molecule has 1 fully saturated rings. The average Bonchev–Trinajstić information content (AvgIpc) is 2.97. The van der Waals surface area contributed by atoms with Crippen LogP contribution in [0.15, 0.2) is 48.5 Å². The molecular weight excluding hydrogens is 384 g/mol. The number of carbonyl (C=O) groups excluding carboxylic acids is 3. The van der Waals surface area contributed by atoms with Crippen LogP contribution in [0, 0.1) is 0 Å². The molecule has 1 saturated heterocycles. The van der Waals surface area contributed by atoms with E-state index in [9.17, 15) is 19.5 Å². The van der Waals surface area contributed by atoms with Gasteiger partial charge in [0.1, 0.15) is 24.0 Å². The number of hydrogen-bond donors (Lipinski definition) is 2. The number of aryl methyl sites for hydroxylation is 1. The lowest BCUT2D eigenvalue weighted by Crippen LogP contribution is -2.47. The number of β-amino-alcohol motifs (C(OH)–C–C–N with tert-alkyl or cyclic N) is 1. The molecule has 3 amide bonds. The maximum Gasteiger partial charge on any atom is 0.325 e. The number of nitrogens with zero attached hydrogens (tertiary/aromatic N) is 1. The number of imide groups is 1. The van der Waals surface area contributed by atoms with Gasteiger partial charge in [0.2, 0.25) is 0 Å². The molecule has 30 heavy (non-hydrogen) atoms. The number of fused-ring (bicyclic) bond motifs is 2. The zero-order chi connectivity index (χ0) is 21.3. The minimum Gasteiger partial charge on any atom is -0.491 e. The number of urea groups is 1. The van der Waals surface area contributed by atoms with Crippen LogP contribution in [0.5, 0.6) is 5.75 Å². The summed E-state index contributed by atoms with van der Waals surface area (Å²) in [4.78, 5) is 38.2. The molecule has 4 rings (SSSR count). The van der Waals surface area contributed by atoms with Crippen LogP contribution in [-0.2, 0) is 16.8 Å². The first kappa shape index (κ1) is 20.1. The topological polar surface area (TPSA) is 95.9 Å². The van der Waals surface area contributed by atoms with Gasteiger partial charge in [0.05, 0.1) is 6.54 Å². The molecule has 156 valence electrons. The van der Waals surface area contributed by atoms with Gasteiger partial charge in [0.15, 0.2) is 5.78 Å². The first-order valence-electron chi connectivity index (χ1n) is 10.0. The van der Waals surface area contributed by atoms with E-state index in [4.69, 9.17) is 4.74 Å². The van der Waals surface area contributed by atoms with E-state index in [1.165, 1.54) is 6.92 Å². The quantitative estimate of drug-likeness (QED) is 0.565. The predicted molar refractivity (Wildman–Crippen MR) is 109 cm³/mol. The fraction of sp³-hybridized carbons (Fsp3) is 0.348.